The molecule has 0 radical (unpaired) electrons. The summed E-state index contributed by atoms with van der Waals surface area (Å²) in [6, 6.07) is 3.94. The van der Waals surface area contributed by atoms with Gasteiger partial charge in [0.2, 0.25) is 0 Å². The monoisotopic (exact) mass is 252 g/mol. The second-order valence-corrected chi connectivity index (χ2v) is 4.26. The summed E-state index contributed by atoms with van der Waals surface area (Å²) in [7, 11) is 1.90. The van der Waals surface area contributed by atoms with E-state index in [1.807, 2.05) is 60.4 Å². The lowest BCUT2D eigenvalue weighted by molar-refractivity contribution is 0.896. The van der Waals surface area contributed by atoms with Gasteiger partial charge >= 0.3 is 0 Å². The van der Waals surface area contributed by atoms with E-state index in [0.29, 0.717) is 5.56 Å². The normalized spacial score (nSPS) is 13.5. The summed E-state index contributed by atoms with van der Waals surface area (Å²) >= 11 is 0. The smallest absolute Gasteiger partial charge is 0.279 e. The van der Waals surface area contributed by atoms with Gasteiger partial charge in [-0.1, -0.05) is 24.3 Å². The van der Waals surface area contributed by atoms with E-state index in [0.717, 1.165) is 11.3 Å². The maximum absolute atomic E-state index is 11.9. The van der Waals surface area contributed by atoms with Crippen LogP contribution in [0.15, 0.2) is 66.8 Å². The third-order valence-electron chi connectivity index (χ3n) is 2.99. The molecule has 96 valence electrons. The average Bonchev–Trinajstić information content (AvgIpc) is 2.96. The first-order valence-electron chi connectivity index (χ1n) is 6.06. The van der Waals surface area contributed by atoms with Gasteiger partial charge in [0.25, 0.3) is 5.56 Å². The van der Waals surface area contributed by atoms with Crippen molar-refractivity contribution in [2.24, 2.45) is 7.05 Å². The molecule has 3 nitrogen and oxygen atoms in total. The molecule has 3 heteroatoms. The second-order valence-electron chi connectivity index (χ2n) is 4.26. The molecule has 3 rings (SSSR count). The number of hydrogen-bond donors (Lipinski definition) is 0. The predicted molar refractivity (Wildman–Crippen MR) is 78.4 cm³/mol. The predicted octanol–water partition coefficient (Wildman–Crippen LogP) is 2.90. The van der Waals surface area contributed by atoms with Crippen LogP contribution in [0.3, 0.4) is 0 Å². The highest BCUT2D eigenvalue weighted by Crippen LogP contribution is 2.24. The third-order valence-corrected chi connectivity index (χ3v) is 2.99. The zero-order valence-corrected chi connectivity index (χ0v) is 10.9. The standard InChI is InChI=1S/C14H12N2O.C2H4/c1-16-7-6-11-8-13(10-4-2-3-5-10)15-14(17)12(11)9-16;1-2/h2-10H,1H3;1-2H2. The van der Waals surface area contributed by atoms with Gasteiger partial charge in [-0.25, -0.2) is 4.98 Å². The van der Waals surface area contributed by atoms with Gasteiger partial charge in [-0.3, -0.25) is 4.79 Å². The number of hydrogen-bond acceptors (Lipinski definition) is 2. The highest BCUT2D eigenvalue weighted by molar-refractivity contribution is 5.63. The summed E-state index contributed by atoms with van der Waals surface area (Å²) in [6.45, 7) is 6.00. The van der Waals surface area contributed by atoms with E-state index >= 15 is 0 Å². The quantitative estimate of drug-likeness (QED) is 0.731. The molecular weight excluding hydrogens is 236 g/mol. The largest absolute Gasteiger partial charge is 0.356 e. The molecule has 3 aliphatic rings. The lowest BCUT2D eigenvalue weighted by atomic mass is 10.0. The highest BCUT2D eigenvalue weighted by atomic mass is 16.1. The third kappa shape index (κ3) is 2.55. The molecule has 0 aromatic carbocycles. The topological polar surface area (TPSA) is 34.9 Å². The van der Waals surface area contributed by atoms with Gasteiger partial charge in [0, 0.05) is 25.4 Å². The van der Waals surface area contributed by atoms with E-state index in [-0.39, 0.29) is 11.5 Å². The molecule has 0 aromatic rings. The summed E-state index contributed by atoms with van der Waals surface area (Å²) in [4.78, 5) is 16.1. The van der Waals surface area contributed by atoms with E-state index in [9.17, 15) is 4.79 Å². The van der Waals surface area contributed by atoms with Crippen LogP contribution in [0.25, 0.3) is 11.1 Å². The van der Waals surface area contributed by atoms with Crippen molar-refractivity contribution >= 4 is 0 Å². The van der Waals surface area contributed by atoms with Crippen LogP contribution in [0.5, 0.6) is 0 Å². The molecule has 0 atom stereocenters. The van der Waals surface area contributed by atoms with E-state index in [2.05, 4.69) is 18.1 Å². The zero-order chi connectivity index (χ0) is 13.8. The van der Waals surface area contributed by atoms with Crippen molar-refractivity contribution in [3.8, 4) is 11.1 Å². The molecule has 2 aliphatic heterocycles. The Morgan fingerprint density at radius 2 is 1.95 bits per heavy atom. The van der Waals surface area contributed by atoms with Crippen molar-refractivity contribution in [3.63, 3.8) is 0 Å². The average molecular weight is 252 g/mol. The van der Waals surface area contributed by atoms with Crippen molar-refractivity contribution < 1.29 is 0 Å². The summed E-state index contributed by atoms with van der Waals surface area (Å²) in [5.41, 5.74) is 2.29. The number of pyridine rings is 2. The minimum atomic E-state index is -0.151. The van der Waals surface area contributed by atoms with Crippen LogP contribution in [-0.4, -0.2) is 9.55 Å². The van der Waals surface area contributed by atoms with Crippen LogP contribution in [0.1, 0.15) is 11.6 Å². The van der Waals surface area contributed by atoms with Gasteiger partial charge in [0.1, 0.15) is 0 Å². The molecule has 0 N–H and O–H groups in total. The molecule has 0 amide bonds. The molecule has 0 saturated carbocycles. The first-order chi connectivity index (χ1) is 9.24. The van der Waals surface area contributed by atoms with Crippen molar-refractivity contribution in [1.29, 1.82) is 0 Å². The fraction of sp³-hybridized carbons (Fsp3) is 0.125. The number of aromatic nitrogens is 2. The Balaban J connectivity index is 0.000000637. The van der Waals surface area contributed by atoms with Crippen LogP contribution in [0.4, 0.5) is 0 Å². The summed E-state index contributed by atoms with van der Waals surface area (Å²) in [5.74, 6) is 0.140. The Morgan fingerprint density at radius 1 is 1.26 bits per heavy atom. The Hall–Kier alpha value is -2.42. The Bertz CT molecular complexity index is 655. The summed E-state index contributed by atoms with van der Waals surface area (Å²) < 4.78 is 1.86. The SMILES string of the molecule is C=C.Cn1ccc2cc(C3C=CC=C3)nc(=O)c-2c1. The maximum Gasteiger partial charge on any atom is 0.279 e. The van der Waals surface area contributed by atoms with Gasteiger partial charge in [-0.05, 0) is 17.7 Å². The van der Waals surface area contributed by atoms with Crippen molar-refractivity contribution in [2.75, 3.05) is 0 Å². The highest BCUT2D eigenvalue weighted by Gasteiger charge is 2.14. The molecule has 0 fully saturated rings. The van der Waals surface area contributed by atoms with Crippen LogP contribution in [-0.2, 0) is 7.05 Å². The fourth-order valence-electron chi connectivity index (χ4n) is 2.08. The summed E-state index contributed by atoms with van der Waals surface area (Å²) in [5, 5.41) is 0. The number of allylic oxidation sites excluding steroid dienone is 4. The second kappa shape index (κ2) is 5.48. The number of fused-ring (bicyclic) bond motifs is 1. The van der Waals surface area contributed by atoms with Gasteiger partial charge in [-0.15, -0.1) is 13.2 Å². The Labute approximate surface area is 112 Å². The van der Waals surface area contributed by atoms with Crippen molar-refractivity contribution in [2.45, 2.75) is 5.92 Å². The molecule has 0 saturated heterocycles. The summed E-state index contributed by atoms with van der Waals surface area (Å²) in [6.07, 6.45) is 11.8. The lowest BCUT2D eigenvalue weighted by Gasteiger charge is -2.10. The first kappa shape index (κ1) is 13.0. The van der Waals surface area contributed by atoms with Crippen molar-refractivity contribution in [1.82, 2.24) is 9.55 Å². The van der Waals surface area contributed by atoms with Crippen molar-refractivity contribution in [3.05, 3.63) is 78.0 Å². The van der Waals surface area contributed by atoms with Crippen LogP contribution < -0.4 is 5.56 Å². The van der Waals surface area contributed by atoms with Crippen LogP contribution >= 0.6 is 0 Å². The number of aryl methyl sites for hydroxylation is 1. The molecule has 1 aliphatic carbocycles. The molecule has 2 heterocycles. The van der Waals surface area contributed by atoms with Gasteiger partial charge in [-0.2, -0.15) is 0 Å². The molecule has 0 bridgehead atoms. The lowest BCUT2D eigenvalue weighted by Crippen LogP contribution is -2.15. The molecule has 0 unspecified atom stereocenters. The maximum atomic E-state index is 11.9. The first-order valence-corrected chi connectivity index (χ1v) is 6.06. The van der Waals surface area contributed by atoms with Gasteiger partial charge in [0.15, 0.2) is 0 Å². The van der Waals surface area contributed by atoms with Gasteiger partial charge < -0.3 is 4.57 Å². The van der Waals surface area contributed by atoms with Gasteiger partial charge in [0.05, 0.1) is 11.3 Å². The minimum absolute atomic E-state index is 0.140. The van der Waals surface area contributed by atoms with E-state index < -0.39 is 0 Å². The molecule has 0 aromatic heterocycles. The number of rotatable bonds is 1. The van der Waals surface area contributed by atoms with E-state index in [4.69, 9.17) is 0 Å². The fourth-order valence-corrected chi connectivity index (χ4v) is 2.08. The number of nitrogens with zero attached hydrogens (tertiary/aromatic N) is 2. The zero-order valence-electron chi connectivity index (χ0n) is 10.9. The Morgan fingerprint density at radius 3 is 2.63 bits per heavy atom. The minimum Gasteiger partial charge on any atom is -0.356 e. The molecule has 0 spiro atoms. The Kier molecular flexibility index (Phi) is 3.76. The molecule has 19 heavy (non-hydrogen) atoms. The van der Waals surface area contributed by atoms with E-state index in [1.54, 1.807) is 0 Å². The van der Waals surface area contributed by atoms with E-state index in [1.165, 1.54) is 0 Å². The molecular formula is C16H16N2O. The van der Waals surface area contributed by atoms with Crippen LogP contribution in [0, 0.1) is 0 Å². The van der Waals surface area contributed by atoms with Crippen LogP contribution in [0.2, 0.25) is 0 Å².